The fourth-order valence-corrected chi connectivity index (χ4v) is 3.46. The Labute approximate surface area is 167 Å². The van der Waals surface area contributed by atoms with Crippen molar-refractivity contribution in [3.63, 3.8) is 0 Å². The number of esters is 1. The Hall–Kier alpha value is -2.85. The minimum Gasteiger partial charge on any atom is -0.455 e. The second-order valence-electron chi connectivity index (χ2n) is 6.26. The molecule has 156 valence electrons. The van der Waals surface area contributed by atoms with Crippen molar-refractivity contribution in [3.05, 3.63) is 65.7 Å². The number of rotatable bonds is 8. The summed E-state index contributed by atoms with van der Waals surface area (Å²) in [5.74, 6) is -2.48. The van der Waals surface area contributed by atoms with E-state index in [0.717, 1.165) is 35.6 Å². The van der Waals surface area contributed by atoms with Gasteiger partial charge in [-0.2, -0.15) is 4.31 Å². The fraction of sp³-hybridized carbons (Fsp3) is 0.263. The number of amides is 1. The van der Waals surface area contributed by atoms with Crippen LogP contribution in [0.15, 0.2) is 53.4 Å². The zero-order chi connectivity index (χ0) is 21.6. The summed E-state index contributed by atoms with van der Waals surface area (Å²) in [6.45, 7) is -1.09. The summed E-state index contributed by atoms with van der Waals surface area (Å²) >= 11 is 0. The van der Waals surface area contributed by atoms with Gasteiger partial charge >= 0.3 is 5.97 Å². The molecule has 2 aromatic carbocycles. The van der Waals surface area contributed by atoms with Crippen molar-refractivity contribution in [3.8, 4) is 0 Å². The molecular weight excluding hydrogens is 406 g/mol. The normalized spacial score (nSPS) is 11.3. The molecule has 0 N–H and O–H groups in total. The Morgan fingerprint density at radius 2 is 1.66 bits per heavy atom. The minimum absolute atomic E-state index is 0.118. The van der Waals surface area contributed by atoms with Gasteiger partial charge in [0.2, 0.25) is 10.0 Å². The maximum Gasteiger partial charge on any atom is 0.321 e. The number of nitrogens with zero attached hydrogens (tertiary/aromatic N) is 2. The van der Waals surface area contributed by atoms with E-state index >= 15 is 0 Å². The SMILES string of the molecule is CN(Cc1cccc(F)c1)C(=O)COC(=O)CN(C)S(=O)(=O)c1ccc(F)cc1. The lowest BCUT2D eigenvalue weighted by Crippen LogP contribution is -2.35. The summed E-state index contributed by atoms with van der Waals surface area (Å²) in [7, 11) is -1.39. The van der Waals surface area contributed by atoms with Crippen molar-refractivity contribution in [2.45, 2.75) is 11.4 Å². The Kier molecular flexibility index (Phi) is 7.40. The third kappa shape index (κ3) is 6.33. The molecule has 0 aliphatic rings. The molecule has 1 amide bonds. The van der Waals surface area contributed by atoms with Crippen molar-refractivity contribution in [2.24, 2.45) is 0 Å². The van der Waals surface area contributed by atoms with Crippen LogP contribution in [0, 0.1) is 11.6 Å². The first-order chi connectivity index (χ1) is 13.6. The molecule has 29 heavy (non-hydrogen) atoms. The average Bonchev–Trinajstić information content (AvgIpc) is 2.66. The van der Waals surface area contributed by atoms with Gasteiger partial charge < -0.3 is 9.64 Å². The second kappa shape index (κ2) is 9.57. The molecule has 0 heterocycles. The molecule has 0 saturated heterocycles. The third-order valence-electron chi connectivity index (χ3n) is 3.96. The van der Waals surface area contributed by atoms with Gasteiger partial charge in [0.05, 0.1) is 4.90 Å². The molecule has 2 rings (SSSR count). The Balaban J connectivity index is 1.86. The molecule has 0 saturated carbocycles. The van der Waals surface area contributed by atoms with E-state index in [0.29, 0.717) is 5.56 Å². The quantitative estimate of drug-likeness (QED) is 0.601. The third-order valence-corrected chi connectivity index (χ3v) is 5.78. The molecule has 0 aliphatic carbocycles. The first-order valence-electron chi connectivity index (χ1n) is 8.45. The van der Waals surface area contributed by atoms with Crippen molar-refractivity contribution >= 4 is 21.9 Å². The van der Waals surface area contributed by atoms with Gasteiger partial charge in [-0.3, -0.25) is 9.59 Å². The highest BCUT2D eigenvalue weighted by Crippen LogP contribution is 2.14. The molecule has 0 unspecified atom stereocenters. The Morgan fingerprint density at radius 3 is 2.28 bits per heavy atom. The van der Waals surface area contributed by atoms with Crippen molar-refractivity contribution in [2.75, 3.05) is 27.2 Å². The molecular formula is C19H20F2N2O5S. The van der Waals surface area contributed by atoms with E-state index in [4.69, 9.17) is 4.74 Å². The lowest BCUT2D eigenvalue weighted by Gasteiger charge is -2.19. The first kappa shape index (κ1) is 22.4. The number of hydrogen-bond donors (Lipinski definition) is 0. The topological polar surface area (TPSA) is 84.0 Å². The Morgan fingerprint density at radius 1 is 1.00 bits per heavy atom. The van der Waals surface area contributed by atoms with Crippen LogP contribution in [-0.4, -0.2) is 56.7 Å². The fourth-order valence-electron chi connectivity index (χ4n) is 2.35. The van der Waals surface area contributed by atoms with Crippen LogP contribution in [0.3, 0.4) is 0 Å². The molecule has 7 nitrogen and oxygen atoms in total. The number of benzene rings is 2. The summed E-state index contributed by atoms with van der Waals surface area (Å²) < 4.78 is 56.4. The molecule has 0 radical (unpaired) electrons. The second-order valence-corrected chi connectivity index (χ2v) is 8.30. The smallest absolute Gasteiger partial charge is 0.321 e. The monoisotopic (exact) mass is 426 g/mol. The van der Waals surface area contributed by atoms with Gasteiger partial charge in [0.25, 0.3) is 5.91 Å². The number of likely N-dealkylation sites (N-methyl/N-ethyl adjacent to an activating group) is 2. The van der Waals surface area contributed by atoms with Crippen LogP contribution in [0.2, 0.25) is 0 Å². The number of ether oxygens (including phenoxy) is 1. The van der Waals surface area contributed by atoms with E-state index in [1.807, 2.05) is 0 Å². The highest BCUT2D eigenvalue weighted by molar-refractivity contribution is 7.89. The van der Waals surface area contributed by atoms with Crippen molar-refractivity contribution < 1.29 is 31.5 Å². The number of carbonyl (C=O) groups is 2. The maximum absolute atomic E-state index is 13.2. The van der Waals surface area contributed by atoms with Crippen molar-refractivity contribution in [1.29, 1.82) is 0 Å². The predicted molar refractivity (Wildman–Crippen MR) is 100 cm³/mol. The zero-order valence-electron chi connectivity index (χ0n) is 15.8. The minimum atomic E-state index is -4.02. The van der Waals surface area contributed by atoms with Gasteiger partial charge in [-0.1, -0.05) is 12.1 Å². The average molecular weight is 426 g/mol. The van der Waals surface area contributed by atoms with Crippen molar-refractivity contribution in [1.82, 2.24) is 9.21 Å². The Bertz CT molecular complexity index is 980. The summed E-state index contributed by atoms with van der Waals surface area (Å²) in [4.78, 5) is 25.0. The van der Waals surface area contributed by atoms with Crippen LogP contribution in [0.4, 0.5) is 8.78 Å². The largest absolute Gasteiger partial charge is 0.455 e. The summed E-state index contributed by atoms with van der Waals surface area (Å²) in [5.41, 5.74) is 0.567. The van der Waals surface area contributed by atoms with E-state index in [1.165, 1.54) is 30.1 Å². The highest BCUT2D eigenvalue weighted by Gasteiger charge is 2.24. The summed E-state index contributed by atoms with van der Waals surface area (Å²) in [6.07, 6.45) is 0. The summed E-state index contributed by atoms with van der Waals surface area (Å²) in [6, 6.07) is 9.87. The molecule has 10 heteroatoms. The van der Waals surface area contributed by atoms with Crippen LogP contribution in [-0.2, 0) is 30.9 Å². The van der Waals surface area contributed by atoms with Crippen LogP contribution in [0.25, 0.3) is 0 Å². The molecule has 0 aromatic heterocycles. The molecule has 0 aliphatic heterocycles. The number of halogens is 2. The lowest BCUT2D eigenvalue weighted by molar-refractivity contribution is -0.151. The van der Waals surface area contributed by atoms with E-state index in [-0.39, 0.29) is 11.4 Å². The molecule has 0 atom stereocenters. The van der Waals surface area contributed by atoms with Gasteiger partial charge in [-0.05, 0) is 42.0 Å². The number of hydrogen-bond acceptors (Lipinski definition) is 5. The summed E-state index contributed by atoms with van der Waals surface area (Å²) in [5, 5.41) is 0. The van der Waals surface area contributed by atoms with E-state index in [9.17, 15) is 26.8 Å². The predicted octanol–water partition coefficient (Wildman–Crippen LogP) is 1.79. The molecule has 2 aromatic rings. The van der Waals surface area contributed by atoms with Gasteiger partial charge in [0.15, 0.2) is 6.61 Å². The van der Waals surface area contributed by atoms with Gasteiger partial charge in [0.1, 0.15) is 18.2 Å². The molecule has 0 bridgehead atoms. The first-order valence-corrected chi connectivity index (χ1v) is 9.89. The molecule has 0 spiro atoms. The van der Waals surface area contributed by atoms with E-state index < -0.39 is 46.7 Å². The van der Waals surface area contributed by atoms with Crippen LogP contribution in [0.5, 0.6) is 0 Å². The van der Waals surface area contributed by atoms with Gasteiger partial charge in [0, 0.05) is 20.6 Å². The molecule has 0 fully saturated rings. The number of sulfonamides is 1. The lowest BCUT2D eigenvalue weighted by atomic mass is 10.2. The van der Waals surface area contributed by atoms with E-state index in [1.54, 1.807) is 6.07 Å². The standard InChI is InChI=1S/C19H20F2N2O5S/c1-22(11-14-4-3-5-16(21)10-14)18(24)13-28-19(25)12-23(2)29(26,27)17-8-6-15(20)7-9-17/h3-10H,11-13H2,1-2H3. The van der Waals surface area contributed by atoms with Crippen LogP contribution < -0.4 is 0 Å². The van der Waals surface area contributed by atoms with Crippen LogP contribution >= 0.6 is 0 Å². The number of carbonyl (C=O) groups excluding carboxylic acids is 2. The van der Waals surface area contributed by atoms with Gasteiger partial charge in [-0.15, -0.1) is 0 Å². The van der Waals surface area contributed by atoms with E-state index in [2.05, 4.69) is 0 Å². The zero-order valence-corrected chi connectivity index (χ0v) is 16.7. The van der Waals surface area contributed by atoms with Gasteiger partial charge in [-0.25, -0.2) is 17.2 Å². The maximum atomic E-state index is 13.2. The van der Waals surface area contributed by atoms with Crippen LogP contribution in [0.1, 0.15) is 5.56 Å². The highest BCUT2D eigenvalue weighted by atomic mass is 32.2.